The van der Waals surface area contributed by atoms with Crippen molar-refractivity contribution in [3.63, 3.8) is 0 Å². The van der Waals surface area contributed by atoms with Crippen LogP contribution in [0.1, 0.15) is 26.2 Å². The third-order valence-electron chi connectivity index (χ3n) is 3.16. The quantitative estimate of drug-likeness (QED) is 0.704. The molecule has 1 rings (SSSR count). The lowest BCUT2D eigenvalue weighted by Crippen LogP contribution is -2.35. The van der Waals surface area contributed by atoms with Crippen LogP contribution in [0, 0.1) is 5.92 Å². The number of pyridine rings is 1. The maximum absolute atomic E-state index is 11.8. The molecule has 20 heavy (non-hydrogen) atoms. The second-order valence-corrected chi connectivity index (χ2v) is 4.84. The molecule has 6 nitrogen and oxygen atoms in total. The summed E-state index contributed by atoms with van der Waals surface area (Å²) in [5, 5.41) is 14.2. The van der Waals surface area contributed by atoms with Gasteiger partial charge in [0, 0.05) is 26.4 Å². The van der Waals surface area contributed by atoms with Gasteiger partial charge in [0.1, 0.15) is 5.69 Å². The number of aliphatic hydroxyl groups is 1. The molecule has 0 saturated carbocycles. The van der Waals surface area contributed by atoms with Crippen LogP contribution in [0.5, 0.6) is 0 Å². The molecule has 1 aromatic heterocycles. The van der Waals surface area contributed by atoms with Crippen molar-refractivity contribution in [3.05, 3.63) is 28.7 Å². The summed E-state index contributed by atoms with van der Waals surface area (Å²) >= 11 is 0. The summed E-state index contributed by atoms with van der Waals surface area (Å²) < 4.78 is 1.40. The highest BCUT2D eigenvalue weighted by Gasteiger charge is 2.10. The van der Waals surface area contributed by atoms with Gasteiger partial charge in [-0.25, -0.2) is 4.79 Å². The number of nitrogens with zero attached hydrogens (tertiary/aromatic N) is 1. The van der Waals surface area contributed by atoms with Gasteiger partial charge in [-0.1, -0.05) is 13.3 Å². The van der Waals surface area contributed by atoms with Gasteiger partial charge in [0.25, 0.3) is 5.56 Å². The normalized spacial score (nSPS) is 11.9. The first kappa shape index (κ1) is 16.2. The second-order valence-electron chi connectivity index (χ2n) is 4.84. The van der Waals surface area contributed by atoms with Crippen LogP contribution in [0.3, 0.4) is 0 Å². The number of hydrogen-bond donors (Lipinski definition) is 3. The van der Waals surface area contributed by atoms with E-state index in [1.807, 2.05) is 0 Å². The largest absolute Gasteiger partial charge is 0.396 e. The summed E-state index contributed by atoms with van der Waals surface area (Å²) in [6.45, 7) is 2.68. The van der Waals surface area contributed by atoms with Crippen LogP contribution < -0.4 is 16.2 Å². The zero-order valence-corrected chi connectivity index (χ0v) is 12.1. The molecule has 0 fully saturated rings. The third-order valence-corrected chi connectivity index (χ3v) is 3.16. The molecule has 0 aliphatic rings. The summed E-state index contributed by atoms with van der Waals surface area (Å²) in [6, 6.07) is 2.87. The minimum atomic E-state index is -0.396. The molecular formula is C14H23N3O3. The van der Waals surface area contributed by atoms with E-state index in [0.717, 1.165) is 12.8 Å². The first-order valence-corrected chi connectivity index (χ1v) is 6.89. The summed E-state index contributed by atoms with van der Waals surface area (Å²) in [6.07, 6.45) is 4.26. The number of nitrogens with one attached hydrogen (secondary N) is 2. The maximum atomic E-state index is 11.8. The predicted molar refractivity (Wildman–Crippen MR) is 78.8 cm³/mol. The van der Waals surface area contributed by atoms with Crippen molar-refractivity contribution < 1.29 is 9.90 Å². The van der Waals surface area contributed by atoms with E-state index in [1.54, 1.807) is 25.4 Å². The van der Waals surface area contributed by atoms with Crippen LogP contribution >= 0.6 is 0 Å². The fourth-order valence-electron chi connectivity index (χ4n) is 2.04. The van der Waals surface area contributed by atoms with Gasteiger partial charge < -0.3 is 20.3 Å². The number of aryl methyl sites for hydroxylation is 1. The number of amides is 2. The topological polar surface area (TPSA) is 83.4 Å². The van der Waals surface area contributed by atoms with Crippen LogP contribution in [0.25, 0.3) is 0 Å². The number of rotatable bonds is 7. The van der Waals surface area contributed by atoms with Crippen molar-refractivity contribution in [1.82, 2.24) is 9.88 Å². The smallest absolute Gasteiger partial charge is 0.319 e. The van der Waals surface area contributed by atoms with Crippen molar-refractivity contribution in [3.8, 4) is 0 Å². The van der Waals surface area contributed by atoms with Gasteiger partial charge in [0.05, 0.1) is 0 Å². The molecule has 1 atom stereocenters. The molecule has 3 N–H and O–H groups in total. The molecular weight excluding hydrogens is 258 g/mol. The highest BCUT2D eigenvalue weighted by Crippen LogP contribution is 2.09. The first-order chi connectivity index (χ1) is 9.58. The summed E-state index contributed by atoms with van der Waals surface area (Å²) in [7, 11) is 1.63. The molecule has 1 unspecified atom stereocenters. The van der Waals surface area contributed by atoms with E-state index >= 15 is 0 Å². The van der Waals surface area contributed by atoms with E-state index in [-0.39, 0.29) is 23.8 Å². The Labute approximate surface area is 118 Å². The van der Waals surface area contributed by atoms with Gasteiger partial charge in [-0.3, -0.25) is 4.79 Å². The van der Waals surface area contributed by atoms with Crippen molar-refractivity contribution in [1.29, 1.82) is 0 Å². The van der Waals surface area contributed by atoms with Crippen molar-refractivity contribution in [2.75, 3.05) is 18.5 Å². The predicted octanol–water partition coefficient (Wildman–Crippen LogP) is 1.31. The Morgan fingerprint density at radius 3 is 2.85 bits per heavy atom. The number of carbonyl (C=O) groups excluding carboxylic acids is 1. The summed E-state index contributed by atoms with van der Waals surface area (Å²) in [5.41, 5.74) is 0.00446. The van der Waals surface area contributed by atoms with Crippen LogP contribution in [0.2, 0.25) is 0 Å². The zero-order valence-electron chi connectivity index (χ0n) is 12.1. The van der Waals surface area contributed by atoms with Crippen molar-refractivity contribution in [2.24, 2.45) is 13.0 Å². The third kappa shape index (κ3) is 5.05. The van der Waals surface area contributed by atoms with Gasteiger partial charge in [0.2, 0.25) is 0 Å². The Hall–Kier alpha value is -1.82. The van der Waals surface area contributed by atoms with Crippen LogP contribution in [0.4, 0.5) is 10.5 Å². The summed E-state index contributed by atoms with van der Waals surface area (Å²) in [4.78, 5) is 23.5. The molecule has 0 aromatic carbocycles. The molecule has 0 saturated heterocycles. The van der Waals surface area contributed by atoms with E-state index in [2.05, 4.69) is 17.6 Å². The molecule has 2 amide bonds. The van der Waals surface area contributed by atoms with Gasteiger partial charge in [-0.05, 0) is 30.9 Å². The average Bonchev–Trinajstić information content (AvgIpc) is 2.42. The maximum Gasteiger partial charge on any atom is 0.319 e. The Morgan fingerprint density at radius 2 is 2.20 bits per heavy atom. The summed E-state index contributed by atoms with van der Waals surface area (Å²) in [5.74, 6) is 0.259. The van der Waals surface area contributed by atoms with Gasteiger partial charge >= 0.3 is 6.03 Å². The molecule has 0 bridgehead atoms. The molecule has 0 radical (unpaired) electrons. The van der Waals surface area contributed by atoms with Gasteiger partial charge in [0.15, 0.2) is 0 Å². The average molecular weight is 281 g/mol. The first-order valence-electron chi connectivity index (χ1n) is 6.89. The number of hydrogen-bond acceptors (Lipinski definition) is 3. The van der Waals surface area contributed by atoms with Crippen molar-refractivity contribution >= 4 is 11.7 Å². The number of aromatic nitrogens is 1. The highest BCUT2D eigenvalue weighted by molar-refractivity contribution is 5.88. The number of urea groups is 1. The monoisotopic (exact) mass is 281 g/mol. The second kappa shape index (κ2) is 8.37. The molecule has 6 heteroatoms. The van der Waals surface area contributed by atoms with Gasteiger partial charge in [-0.2, -0.15) is 0 Å². The fourth-order valence-corrected chi connectivity index (χ4v) is 2.04. The van der Waals surface area contributed by atoms with Crippen LogP contribution in [-0.2, 0) is 7.05 Å². The minimum absolute atomic E-state index is 0.118. The fraction of sp³-hybridized carbons (Fsp3) is 0.571. The molecule has 1 aromatic rings. The number of anilines is 1. The standard InChI is InChI=1S/C14H23N3O3/c1-3-5-11(7-9-18)10-15-14(20)16-12-6-4-8-17(2)13(12)19/h4,6,8,11,18H,3,5,7,9-10H2,1-2H3,(H2,15,16,20). The lowest BCUT2D eigenvalue weighted by molar-refractivity contribution is 0.236. The van der Waals surface area contributed by atoms with Crippen LogP contribution in [-0.4, -0.2) is 28.9 Å². The van der Waals surface area contributed by atoms with E-state index in [4.69, 9.17) is 5.11 Å². The molecule has 0 spiro atoms. The van der Waals surface area contributed by atoms with Gasteiger partial charge in [-0.15, -0.1) is 0 Å². The van der Waals surface area contributed by atoms with Crippen LogP contribution in [0.15, 0.2) is 23.1 Å². The van der Waals surface area contributed by atoms with E-state index in [1.165, 1.54) is 4.57 Å². The minimum Gasteiger partial charge on any atom is -0.396 e. The van der Waals surface area contributed by atoms with Crippen molar-refractivity contribution in [2.45, 2.75) is 26.2 Å². The SMILES string of the molecule is CCCC(CCO)CNC(=O)Nc1cccn(C)c1=O. The Kier molecular flexibility index (Phi) is 6.79. The number of aliphatic hydroxyl groups excluding tert-OH is 1. The molecule has 1 heterocycles. The van der Waals surface area contributed by atoms with E-state index in [0.29, 0.717) is 13.0 Å². The van der Waals surface area contributed by atoms with E-state index in [9.17, 15) is 9.59 Å². The zero-order chi connectivity index (χ0) is 15.0. The molecule has 0 aliphatic heterocycles. The lowest BCUT2D eigenvalue weighted by Gasteiger charge is -2.16. The Morgan fingerprint density at radius 1 is 1.45 bits per heavy atom. The van der Waals surface area contributed by atoms with E-state index < -0.39 is 6.03 Å². The number of carbonyl (C=O) groups is 1. The lowest BCUT2D eigenvalue weighted by atomic mass is 10.0. The Balaban J connectivity index is 2.51. The Bertz CT molecular complexity index is 479. The highest BCUT2D eigenvalue weighted by atomic mass is 16.3. The molecule has 0 aliphatic carbocycles. The molecule has 112 valence electrons.